The number of hydrogen-bond donors (Lipinski definition) is 1. The van der Waals surface area contributed by atoms with Crippen molar-refractivity contribution >= 4 is 27.5 Å². The molecule has 0 spiro atoms. The van der Waals surface area contributed by atoms with Crippen LogP contribution in [-0.4, -0.2) is 11.2 Å². The number of aliphatic hydroxyl groups is 1. The molecular weight excluding hydrogens is 239 g/mol. The topological polar surface area (TPSA) is 20.2 Å². The Morgan fingerprint density at radius 2 is 2.25 bits per heavy atom. The van der Waals surface area contributed by atoms with Gasteiger partial charge in [0, 0.05) is 9.50 Å². The molecule has 0 heterocycles. The van der Waals surface area contributed by atoms with E-state index in [0.29, 0.717) is 11.4 Å². The minimum absolute atomic E-state index is 0.317. The van der Waals surface area contributed by atoms with Crippen LogP contribution < -0.4 is 0 Å². The van der Waals surface area contributed by atoms with Crippen molar-refractivity contribution in [3.05, 3.63) is 33.3 Å². The Bertz CT molecular complexity index is 273. The van der Waals surface area contributed by atoms with Crippen LogP contribution in [0, 0.1) is 0 Å². The van der Waals surface area contributed by atoms with E-state index in [1.807, 2.05) is 18.2 Å². The van der Waals surface area contributed by atoms with Crippen molar-refractivity contribution in [1.82, 2.24) is 0 Å². The van der Waals surface area contributed by atoms with Crippen molar-refractivity contribution in [3.8, 4) is 0 Å². The number of halogens is 2. The number of hydrogen-bond acceptors (Lipinski definition) is 1. The van der Waals surface area contributed by atoms with Crippen LogP contribution >= 0.6 is 27.5 Å². The van der Waals surface area contributed by atoms with E-state index < -0.39 is 0 Å². The molecule has 0 amide bonds. The van der Waals surface area contributed by atoms with Crippen LogP contribution in [0.4, 0.5) is 0 Å². The summed E-state index contributed by atoms with van der Waals surface area (Å²) in [6.45, 7) is 1.76. The van der Waals surface area contributed by atoms with Crippen LogP contribution in [0.25, 0.3) is 0 Å². The zero-order valence-corrected chi connectivity index (χ0v) is 9.06. The molecule has 0 radical (unpaired) electrons. The number of aliphatic hydroxyl groups excluding tert-OH is 1. The molecule has 66 valence electrons. The second kappa shape index (κ2) is 4.26. The average molecular weight is 250 g/mol. The molecule has 0 aliphatic carbocycles. The van der Waals surface area contributed by atoms with E-state index in [1.54, 1.807) is 6.92 Å². The van der Waals surface area contributed by atoms with Gasteiger partial charge in [-0.15, -0.1) is 0 Å². The monoisotopic (exact) mass is 248 g/mol. The lowest BCUT2D eigenvalue weighted by Crippen LogP contribution is -2.04. The van der Waals surface area contributed by atoms with Gasteiger partial charge in [0.05, 0.1) is 6.10 Å². The first-order chi connectivity index (χ1) is 5.59. The van der Waals surface area contributed by atoms with Crippen LogP contribution in [0.1, 0.15) is 12.5 Å². The van der Waals surface area contributed by atoms with E-state index in [9.17, 15) is 0 Å². The molecule has 12 heavy (non-hydrogen) atoms. The zero-order chi connectivity index (χ0) is 9.14. The molecule has 0 aliphatic rings. The summed E-state index contributed by atoms with van der Waals surface area (Å²) in [5.41, 5.74) is 1.08. The average Bonchev–Trinajstić information content (AvgIpc) is 1.94. The van der Waals surface area contributed by atoms with Crippen molar-refractivity contribution in [1.29, 1.82) is 0 Å². The van der Waals surface area contributed by atoms with Crippen LogP contribution in [0.2, 0.25) is 5.02 Å². The highest BCUT2D eigenvalue weighted by molar-refractivity contribution is 9.10. The third kappa shape index (κ3) is 2.77. The van der Waals surface area contributed by atoms with Gasteiger partial charge in [-0.05, 0) is 31.0 Å². The van der Waals surface area contributed by atoms with E-state index in [2.05, 4.69) is 15.9 Å². The fourth-order valence-corrected chi connectivity index (χ4v) is 1.85. The van der Waals surface area contributed by atoms with Crippen LogP contribution in [0.15, 0.2) is 22.7 Å². The first-order valence-corrected chi connectivity index (χ1v) is 4.88. The fraction of sp³-hybridized carbons (Fsp3) is 0.333. The SMILES string of the molecule is C[C@@H](O)Cc1ccc(Cl)cc1Br. The Kier molecular flexibility index (Phi) is 3.56. The summed E-state index contributed by atoms with van der Waals surface area (Å²) in [6, 6.07) is 5.57. The summed E-state index contributed by atoms with van der Waals surface area (Å²) < 4.78 is 0.955. The largest absolute Gasteiger partial charge is 0.393 e. The Morgan fingerprint density at radius 1 is 1.58 bits per heavy atom. The van der Waals surface area contributed by atoms with Crippen molar-refractivity contribution in [2.75, 3.05) is 0 Å². The van der Waals surface area contributed by atoms with E-state index in [0.717, 1.165) is 10.0 Å². The third-order valence-corrected chi connectivity index (χ3v) is 2.50. The summed E-state index contributed by atoms with van der Waals surface area (Å²) in [7, 11) is 0. The highest BCUT2D eigenvalue weighted by Gasteiger charge is 2.03. The van der Waals surface area contributed by atoms with E-state index in [1.165, 1.54) is 0 Å². The molecule has 0 fully saturated rings. The molecule has 0 aliphatic heterocycles. The molecule has 0 aromatic heterocycles. The first kappa shape index (κ1) is 10.0. The second-order valence-electron chi connectivity index (χ2n) is 2.79. The highest BCUT2D eigenvalue weighted by atomic mass is 79.9. The predicted molar refractivity (Wildman–Crippen MR) is 54.5 cm³/mol. The lowest BCUT2D eigenvalue weighted by atomic mass is 10.1. The summed E-state index contributed by atoms with van der Waals surface area (Å²) in [5, 5.41) is 9.85. The summed E-state index contributed by atoms with van der Waals surface area (Å²) >= 11 is 9.14. The van der Waals surface area contributed by atoms with Gasteiger partial charge in [-0.1, -0.05) is 33.6 Å². The molecule has 1 aromatic rings. The molecule has 1 N–H and O–H groups in total. The minimum Gasteiger partial charge on any atom is -0.393 e. The summed E-state index contributed by atoms with van der Waals surface area (Å²) in [5.74, 6) is 0. The van der Waals surface area contributed by atoms with Gasteiger partial charge in [0.2, 0.25) is 0 Å². The quantitative estimate of drug-likeness (QED) is 0.854. The molecule has 0 saturated heterocycles. The Morgan fingerprint density at radius 3 is 2.75 bits per heavy atom. The van der Waals surface area contributed by atoms with Gasteiger partial charge in [0.15, 0.2) is 0 Å². The van der Waals surface area contributed by atoms with Crippen molar-refractivity contribution in [2.45, 2.75) is 19.4 Å². The van der Waals surface area contributed by atoms with Crippen LogP contribution in [0.5, 0.6) is 0 Å². The Hall–Kier alpha value is -0.0500. The summed E-state index contributed by atoms with van der Waals surface area (Å²) in [6.07, 6.45) is 0.333. The minimum atomic E-state index is -0.317. The van der Waals surface area contributed by atoms with E-state index >= 15 is 0 Å². The maximum Gasteiger partial charge on any atom is 0.0552 e. The van der Waals surface area contributed by atoms with Gasteiger partial charge in [-0.2, -0.15) is 0 Å². The molecular formula is C9H10BrClO. The van der Waals surface area contributed by atoms with Gasteiger partial charge in [-0.25, -0.2) is 0 Å². The van der Waals surface area contributed by atoms with Gasteiger partial charge in [-0.3, -0.25) is 0 Å². The van der Waals surface area contributed by atoms with Crippen LogP contribution in [-0.2, 0) is 6.42 Å². The standard InChI is InChI=1S/C9H10BrClO/c1-6(12)4-7-2-3-8(11)5-9(7)10/h2-3,5-6,12H,4H2,1H3/t6-/m1/s1. The summed E-state index contributed by atoms with van der Waals surface area (Å²) in [4.78, 5) is 0. The van der Waals surface area contributed by atoms with Gasteiger partial charge in [0.25, 0.3) is 0 Å². The van der Waals surface area contributed by atoms with Gasteiger partial charge in [0.1, 0.15) is 0 Å². The van der Waals surface area contributed by atoms with Gasteiger partial charge >= 0.3 is 0 Å². The molecule has 1 nitrogen and oxygen atoms in total. The zero-order valence-electron chi connectivity index (χ0n) is 6.72. The maximum atomic E-state index is 9.15. The highest BCUT2D eigenvalue weighted by Crippen LogP contribution is 2.22. The number of benzene rings is 1. The lowest BCUT2D eigenvalue weighted by Gasteiger charge is -2.06. The lowest BCUT2D eigenvalue weighted by molar-refractivity contribution is 0.195. The fourth-order valence-electron chi connectivity index (χ4n) is 1.01. The molecule has 3 heteroatoms. The third-order valence-electron chi connectivity index (χ3n) is 1.53. The van der Waals surface area contributed by atoms with E-state index in [4.69, 9.17) is 16.7 Å². The van der Waals surface area contributed by atoms with Crippen molar-refractivity contribution in [2.24, 2.45) is 0 Å². The molecule has 0 bridgehead atoms. The van der Waals surface area contributed by atoms with E-state index in [-0.39, 0.29) is 6.10 Å². The predicted octanol–water partition coefficient (Wildman–Crippen LogP) is 3.03. The van der Waals surface area contributed by atoms with Gasteiger partial charge < -0.3 is 5.11 Å². The smallest absolute Gasteiger partial charge is 0.0552 e. The first-order valence-electron chi connectivity index (χ1n) is 3.71. The second-order valence-corrected chi connectivity index (χ2v) is 4.08. The molecule has 0 unspecified atom stereocenters. The van der Waals surface area contributed by atoms with Crippen LogP contribution in [0.3, 0.4) is 0 Å². The molecule has 1 aromatic carbocycles. The van der Waals surface area contributed by atoms with Crippen molar-refractivity contribution < 1.29 is 5.11 Å². The molecule has 0 saturated carbocycles. The number of rotatable bonds is 2. The van der Waals surface area contributed by atoms with Crippen molar-refractivity contribution in [3.63, 3.8) is 0 Å². The maximum absolute atomic E-state index is 9.15. The molecule has 1 atom stereocenters. The normalized spacial score (nSPS) is 13.0. The Labute approximate surface area is 85.5 Å². The molecule has 1 rings (SSSR count). The Balaban J connectivity index is 2.86.